The summed E-state index contributed by atoms with van der Waals surface area (Å²) in [7, 11) is 0. The van der Waals surface area contributed by atoms with Crippen molar-refractivity contribution >= 4 is 11.6 Å². The molecular weight excluding hydrogens is 257 g/mol. The van der Waals surface area contributed by atoms with Crippen LogP contribution in [0.3, 0.4) is 0 Å². The molecule has 0 bridgehead atoms. The summed E-state index contributed by atoms with van der Waals surface area (Å²) < 4.78 is 38.8. The Balaban J connectivity index is 2.54. The van der Waals surface area contributed by atoms with Gasteiger partial charge in [0.25, 0.3) is 0 Å². The van der Waals surface area contributed by atoms with Crippen molar-refractivity contribution in [1.29, 1.82) is 0 Å². The van der Waals surface area contributed by atoms with Gasteiger partial charge in [-0.25, -0.2) is 13.2 Å². The molecule has 0 saturated carbocycles. The van der Waals surface area contributed by atoms with Gasteiger partial charge in [0.1, 0.15) is 0 Å². The van der Waals surface area contributed by atoms with Gasteiger partial charge in [-0.1, -0.05) is 11.6 Å². The Morgan fingerprint density at radius 2 is 1.89 bits per heavy atom. The van der Waals surface area contributed by atoms with Gasteiger partial charge in [-0.2, -0.15) is 0 Å². The van der Waals surface area contributed by atoms with Crippen LogP contribution in [0.4, 0.5) is 18.9 Å². The number of carbonyl (C=O) groups is 1. The van der Waals surface area contributed by atoms with Crippen LogP contribution in [0.2, 0.25) is 0 Å². The highest BCUT2D eigenvalue weighted by Gasteiger charge is 2.14. The molecule has 0 aliphatic carbocycles. The highest BCUT2D eigenvalue weighted by atomic mass is 19.2. The molecule has 0 unspecified atom stereocenters. The van der Waals surface area contributed by atoms with Crippen molar-refractivity contribution in [3.63, 3.8) is 0 Å². The van der Waals surface area contributed by atoms with Crippen LogP contribution in [0.25, 0.3) is 0 Å². The Kier molecular flexibility index (Phi) is 5.57. The van der Waals surface area contributed by atoms with Crippen molar-refractivity contribution in [2.45, 2.75) is 13.8 Å². The first-order valence-electron chi connectivity index (χ1n) is 5.69. The lowest BCUT2D eigenvalue weighted by atomic mass is 10.2. The number of benzene rings is 1. The molecule has 1 aromatic rings. The number of amides is 1. The molecule has 0 atom stereocenters. The minimum Gasteiger partial charge on any atom is -0.322 e. The third kappa shape index (κ3) is 4.75. The fourth-order valence-electron chi connectivity index (χ4n) is 1.28. The summed E-state index contributed by atoms with van der Waals surface area (Å²) in [4.78, 5) is 11.4. The first kappa shape index (κ1) is 15.2. The smallest absolute Gasteiger partial charge is 0.238 e. The maximum Gasteiger partial charge on any atom is 0.238 e. The lowest BCUT2D eigenvalue weighted by Gasteiger charge is -2.07. The molecule has 1 rings (SSSR count). The zero-order chi connectivity index (χ0) is 14.4. The molecule has 0 heterocycles. The van der Waals surface area contributed by atoms with Crippen LogP contribution in [0.5, 0.6) is 0 Å². The highest BCUT2D eigenvalue weighted by Crippen LogP contribution is 2.19. The first-order valence-corrected chi connectivity index (χ1v) is 5.69. The Morgan fingerprint density at radius 3 is 2.53 bits per heavy atom. The molecule has 0 saturated heterocycles. The van der Waals surface area contributed by atoms with Crippen molar-refractivity contribution in [2.75, 3.05) is 18.4 Å². The van der Waals surface area contributed by atoms with Crippen LogP contribution >= 0.6 is 0 Å². The number of rotatable bonds is 5. The molecule has 6 heteroatoms. The zero-order valence-electron chi connectivity index (χ0n) is 10.7. The van der Waals surface area contributed by atoms with E-state index in [1.165, 1.54) is 0 Å². The highest BCUT2D eigenvalue weighted by molar-refractivity contribution is 5.92. The van der Waals surface area contributed by atoms with E-state index in [1.54, 1.807) is 0 Å². The van der Waals surface area contributed by atoms with Gasteiger partial charge in [-0.05, 0) is 26.0 Å². The second-order valence-electron chi connectivity index (χ2n) is 4.18. The lowest BCUT2D eigenvalue weighted by Crippen LogP contribution is -2.28. The monoisotopic (exact) mass is 272 g/mol. The Morgan fingerprint density at radius 1 is 1.21 bits per heavy atom. The van der Waals surface area contributed by atoms with E-state index in [4.69, 9.17) is 0 Å². The molecule has 104 valence electrons. The van der Waals surface area contributed by atoms with E-state index >= 15 is 0 Å². The van der Waals surface area contributed by atoms with Gasteiger partial charge in [-0.3, -0.25) is 4.79 Å². The van der Waals surface area contributed by atoms with Gasteiger partial charge < -0.3 is 10.6 Å². The van der Waals surface area contributed by atoms with Crippen LogP contribution in [-0.4, -0.2) is 19.0 Å². The Labute approximate surface area is 109 Å². The molecule has 0 aromatic heterocycles. The predicted molar refractivity (Wildman–Crippen MR) is 67.2 cm³/mol. The summed E-state index contributed by atoms with van der Waals surface area (Å²) in [6.45, 7) is 4.27. The summed E-state index contributed by atoms with van der Waals surface area (Å²) in [6.07, 6.45) is 1.88. The quantitative estimate of drug-likeness (QED) is 0.491. The third-order valence-electron chi connectivity index (χ3n) is 2.25. The number of anilines is 1. The maximum absolute atomic E-state index is 13.3. The van der Waals surface area contributed by atoms with Crippen LogP contribution < -0.4 is 10.6 Å². The summed E-state index contributed by atoms with van der Waals surface area (Å²) in [5, 5.41) is 4.97. The van der Waals surface area contributed by atoms with Gasteiger partial charge in [0.05, 0.1) is 12.2 Å². The molecule has 2 N–H and O–H groups in total. The SMILES string of the molecule is CC(C)=CCNCC(=O)Nc1ccc(F)c(F)c1F. The molecule has 3 nitrogen and oxygen atoms in total. The van der Waals surface area contributed by atoms with E-state index < -0.39 is 23.4 Å². The molecule has 1 aromatic carbocycles. The van der Waals surface area contributed by atoms with E-state index in [0.717, 1.165) is 17.7 Å². The second-order valence-corrected chi connectivity index (χ2v) is 4.18. The summed E-state index contributed by atoms with van der Waals surface area (Å²) >= 11 is 0. The van der Waals surface area contributed by atoms with Crippen molar-refractivity contribution in [3.05, 3.63) is 41.2 Å². The van der Waals surface area contributed by atoms with E-state index in [2.05, 4.69) is 10.6 Å². The van der Waals surface area contributed by atoms with Crippen molar-refractivity contribution in [1.82, 2.24) is 5.32 Å². The standard InChI is InChI=1S/C13H15F3N2O/c1-8(2)5-6-17-7-11(19)18-10-4-3-9(14)12(15)13(10)16/h3-5,17H,6-7H2,1-2H3,(H,18,19). The number of nitrogens with one attached hydrogen (secondary N) is 2. The van der Waals surface area contributed by atoms with Crippen LogP contribution in [-0.2, 0) is 4.79 Å². The predicted octanol–water partition coefficient (Wildman–Crippen LogP) is 2.60. The number of hydrogen-bond donors (Lipinski definition) is 2. The molecule has 0 aliphatic heterocycles. The molecule has 0 radical (unpaired) electrons. The number of carbonyl (C=O) groups excluding carboxylic acids is 1. The Bertz CT molecular complexity index is 497. The van der Waals surface area contributed by atoms with Crippen molar-refractivity contribution in [3.8, 4) is 0 Å². The Hall–Kier alpha value is -1.82. The van der Waals surface area contributed by atoms with Crippen LogP contribution in [0.15, 0.2) is 23.8 Å². The summed E-state index contributed by atoms with van der Waals surface area (Å²) in [5.74, 6) is -4.84. The molecule has 0 aliphatic rings. The second kappa shape index (κ2) is 6.94. The minimum atomic E-state index is -1.60. The molecular formula is C13H15F3N2O. The molecule has 1 amide bonds. The molecule has 0 fully saturated rings. The molecule has 19 heavy (non-hydrogen) atoms. The van der Waals surface area contributed by atoms with Crippen molar-refractivity contribution < 1.29 is 18.0 Å². The topological polar surface area (TPSA) is 41.1 Å². The van der Waals surface area contributed by atoms with Gasteiger partial charge in [0, 0.05) is 6.54 Å². The van der Waals surface area contributed by atoms with Gasteiger partial charge in [0.2, 0.25) is 5.91 Å². The fourth-order valence-corrected chi connectivity index (χ4v) is 1.28. The van der Waals surface area contributed by atoms with E-state index in [1.807, 2.05) is 19.9 Å². The zero-order valence-corrected chi connectivity index (χ0v) is 10.7. The number of hydrogen-bond acceptors (Lipinski definition) is 2. The largest absolute Gasteiger partial charge is 0.322 e. The van der Waals surface area contributed by atoms with Crippen LogP contribution in [0, 0.1) is 17.5 Å². The normalized spacial score (nSPS) is 10.2. The number of halogens is 3. The summed E-state index contributed by atoms with van der Waals surface area (Å²) in [6, 6.07) is 1.73. The first-order chi connectivity index (χ1) is 8.91. The van der Waals surface area contributed by atoms with Gasteiger partial charge >= 0.3 is 0 Å². The van der Waals surface area contributed by atoms with E-state index in [-0.39, 0.29) is 12.2 Å². The van der Waals surface area contributed by atoms with E-state index in [0.29, 0.717) is 6.54 Å². The fraction of sp³-hybridized carbons (Fsp3) is 0.308. The third-order valence-corrected chi connectivity index (χ3v) is 2.25. The van der Waals surface area contributed by atoms with Gasteiger partial charge in [0.15, 0.2) is 17.5 Å². The lowest BCUT2D eigenvalue weighted by molar-refractivity contribution is -0.115. The molecule has 0 spiro atoms. The number of allylic oxidation sites excluding steroid dienone is 1. The average Bonchev–Trinajstić information content (AvgIpc) is 2.35. The van der Waals surface area contributed by atoms with Crippen molar-refractivity contribution in [2.24, 2.45) is 0 Å². The summed E-state index contributed by atoms with van der Waals surface area (Å²) in [5.41, 5.74) is 0.715. The van der Waals surface area contributed by atoms with Crippen LogP contribution in [0.1, 0.15) is 13.8 Å². The van der Waals surface area contributed by atoms with E-state index in [9.17, 15) is 18.0 Å². The van der Waals surface area contributed by atoms with Gasteiger partial charge in [-0.15, -0.1) is 0 Å². The maximum atomic E-state index is 13.3. The minimum absolute atomic E-state index is 0.0534. The average molecular weight is 272 g/mol.